The van der Waals surface area contributed by atoms with E-state index in [1.165, 1.54) is 27.8 Å². The summed E-state index contributed by atoms with van der Waals surface area (Å²) in [5.41, 5.74) is 9.52. The van der Waals surface area contributed by atoms with E-state index in [0.29, 0.717) is 40.5 Å². The molecule has 2 heterocycles. The Hall–Kier alpha value is -6.59. The smallest absolute Gasteiger partial charge is 0.181 e. The zero-order chi connectivity index (χ0) is 33.8. The SMILES string of the molecule is C1=CCCC(C2(c3ccccc3)c3ccccc3-c3cc4c(cc32)Oc2c(cccc2-c2nc(-c3ccccc3)nc(-c3ccccc3)n2)O4)=C1. The fourth-order valence-corrected chi connectivity index (χ4v) is 7.92. The summed E-state index contributed by atoms with van der Waals surface area (Å²) in [4.78, 5) is 14.9. The van der Waals surface area contributed by atoms with Crippen molar-refractivity contribution in [1.29, 1.82) is 0 Å². The average Bonchev–Trinajstić information content (AvgIpc) is 3.50. The predicted molar refractivity (Wildman–Crippen MR) is 201 cm³/mol. The molecule has 3 aliphatic rings. The molecule has 0 radical (unpaired) electrons. The highest BCUT2D eigenvalue weighted by molar-refractivity contribution is 5.88. The largest absolute Gasteiger partial charge is 0.449 e. The van der Waals surface area contributed by atoms with Crippen LogP contribution in [0.25, 0.3) is 45.3 Å². The second-order valence-corrected chi connectivity index (χ2v) is 13.0. The first-order valence-electron chi connectivity index (χ1n) is 17.3. The highest BCUT2D eigenvalue weighted by Crippen LogP contribution is 2.61. The lowest BCUT2D eigenvalue weighted by Crippen LogP contribution is -2.30. The van der Waals surface area contributed by atoms with Crippen molar-refractivity contribution in [2.75, 3.05) is 0 Å². The first-order chi connectivity index (χ1) is 25.3. The number of para-hydroxylation sites is 1. The fourth-order valence-electron chi connectivity index (χ4n) is 7.92. The summed E-state index contributed by atoms with van der Waals surface area (Å²) in [6.07, 6.45) is 8.73. The van der Waals surface area contributed by atoms with Crippen LogP contribution in [-0.4, -0.2) is 15.0 Å². The van der Waals surface area contributed by atoms with Gasteiger partial charge in [-0.15, -0.1) is 0 Å². The molecule has 0 saturated heterocycles. The minimum Gasteiger partial charge on any atom is -0.449 e. The molecular formula is C46H31N3O2. The molecule has 5 nitrogen and oxygen atoms in total. The van der Waals surface area contributed by atoms with Gasteiger partial charge >= 0.3 is 0 Å². The number of ether oxygens (including phenoxy) is 2. The number of aromatic nitrogens is 3. The van der Waals surface area contributed by atoms with Crippen LogP contribution in [0.1, 0.15) is 29.5 Å². The van der Waals surface area contributed by atoms with Gasteiger partial charge in [0.15, 0.2) is 40.5 Å². The van der Waals surface area contributed by atoms with E-state index in [9.17, 15) is 0 Å². The van der Waals surface area contributed by atoms with E-state index in [2.05, 4.69) is 85.0 Å². The number of fused-ring (bicyclic) bond motifs is 5. The van der Waals surface area contributed by atoms with Gasteiger partial charge in [-0.25, -0.2) is 15.0 Å². The van der Waals surface area contributed by atoms with Crippen molar-refractivity contribution in [3.8, 4) is 68.3 Å². The summed E-state index contributed by atoms with van der Waals surface area (Å²) in [6, 6.07) is 49.9. The van der Waals surface area contributed by atoms with E-state index >= 15 is 0 Å². The third-order valence-corrected chi connectivity index (χ3v) is 10.2. The van der Waals surface area contributed by atoms with Crippen molar-refractivity contribution in [3.05, 3.63) is 186 Å². The van der Waals surface area contributed by atoms with Crippen LogP contribution in [0.15, 0.2) is 169 Å². The molecule has 0 N–H and O–H groups in total. The Kier molecular flexibility index (Phi) is 6.78. The van der Waals surface area contributed by atoms with Crippen LogP contribution in [0.4, 0.5) is 0 Å². The van der Waals surface area contributed by atoms with Gasteiger partial charge in [-0.05, 0) is 64.9 Å². The zero-order valence-electron chi connectivity index (χ0n) is 27.7. The van der Waals surface area contributed by atoms with Gasteiger partial charge in [-0.2, -0.15) is 0 Å². The molecule has 2 aliphatic carbocycles. The number of nitrogens with zero attached hydrogens (tertiary/aromatic N) is 3. The molecule has 7 aromatic rings. The van der Waals surface area contributed by atoms with Gasteiger partial charge in [0.2, 0.25) is 0 Å². The summed E-state index contributed by atoms with van der Waals surface area (Å²) in [5.74, 6) is 4.23. The summed E-state index contributed by atoms with van der Waals surface area (Å²) in [7, 11) is 0. The molecule has 6 aromatic carbocycles. The number of hydrogen-bond donors (Lipinski definition) is 0. The first-order valence-corrected chi connectivity index (χ1v) is 17.3. The van der Waals surface area contributed by atoms with E-state index in [1.54, 1.807) is 0 Å². The summed E-state index contributed by atoms with van der Waals surface area (Å²) >= 11 is 0. The molecule has 1 aliphatic heterocycles. The van der Waals surface area contributed by atoms with Crippen LogP contribution in [0.2, 0.25) is 0 Å². The summed E-state index contributed by atoms with van der Waals surface area (Å²) in [5, 5.41) is 0. The molecule has 0 fully saturated rings. The van der Waals surface area contributed by atoms with Gasteiger partial charge in [0.1, 0.15) is 0 Å². The maximum absolute atomic E-state index is 6.94. The zero-order valence-corrected chi connectivity index (χ0v) is 27.7. The standard InChI is InChI=1S/C46H31N3O2/c1-5-16-30(17-6-1)43-47-44(31-18-7-2-8-19-31)49-45(48-43)35-25-15-27-39-42(35)51-41-29-38-36(28-40(41)50-39)34-24-13-14-26-37(34)46(38,32-20-9-3-10-21-32)33-22-11-4-12-23-33/h1-11,13-22,24-29H,12,23H2. The van der Waals surface area contributed by atoms with Crippen LogP contribution in [0.5, 0.6) is 23.0 Å². The number of benzene rings is 6. The molecular weight excluding hydrogens is 627 g/mol. The molecule has 242 valence electrons. The van der Waals surface area contributed by atoms with Gasteiger partial charge in [0.05, 0.1) is 11.0 Å². The van der Waals surface area contributed by atoms with E-state index in [-0.39, 0.29) is 0 Å². The number of hydrogen-bond acceptors (Lipinski definition) is 5. The Morgan fingerprint density at radius 3 is 1.82 bits per heavy atom. The minimum absolute atomic E-state index is 0.473. The maximum atomic E-state index is 6.94. The predicted octanol–water partition coefficient (Wildman–Crippen LogP) is 11.4. The minimum atomic E-state index is -0.473. The van der Waals surface area contributed by atoms with Crippen LogP contribution in [0.3, 0.4) is 0 Å². The second kappa shape index (κ2) is 11.8. The average molecular weight is 658 g/mol. The lowest BCUT2D eigenvalue weighted by atomic mass is 9.65. The van der Waals surface area contributed by atoms with Crippen molar-refractivity contribution in [2.45, 2.75) is 18.3 Å². The van der Waals surface area contributed by atoms with Gasteiger partial charge in [-0.3, -0.25) is 0 Å². The molecule has 5 heteroatoms. The van der Waals surface area contributed by atoms with Gasteiger partial charge in [-0.1, -0.05) is 145 Å². The quantitative estimate of drug-likeness (QED) is 0.184. The third kappa shape index (κ3) is 4.66. The molecule has 0 spiro atoms. The monoisotopic (exact) mass is 657 g/mol. The van der Waals surface area contributed by atoms with Gasteiger partial charge < -0.3 is 9.47 Å². The van der Waals surface area contributed by atoms with E-state index in [0.717, 1.165) is 35.1 Å². The molecule has 0 amide bonds. The normalized spacial score (nSPS) is 16.5. The van der Waals surface area contributed by atoms with Crippen molar-refractivity contribution in [1.82, 2.24) is 15.0 Å². The summed E-state index contributed by atoms with van der Waals surface area (Å²) < 4.78 is 13.6. The molecule has 51 heavy (non-hydrogen) atoms. The number of rotatable bonds is 5. The maximum Gasteiger partial charge on any atom is 0.181 e. The highest BCUT2D eigenvalue weighted by Gasteiger charge is 2.48. The van der Waals surface area contributed by atoms with E-state index in [4.69, 9.17) is 24.4 Å². The third-order valence-electron chi connectivity index (χ3n) is 10.2. The molecule has 10 rings (SSSR count). The first kappa shape index (κ1) is 29.3. The topological polar surface area (TPSA) is 57.1 Å². The molecule has 1 unspecified atom stereocenters. The van der Waals surface area contributed by atoms with E-state index < -0.39 is 5.41 Å². The van der Waals surface area contributed by atoms with Crippen molar-refractivity contribution in [2.24, 2.45) is 0 Å². The van der Waals surface area contributed by atoms with Crippen LogP contribution in [-0.2, 0) is 5.41 Å². The Balaban J connectivity index is 1.15. The summed E-state index contributed by atoms with van der Waals surface area (Å²) in [6.45, 7) is 0. The Morgan fingerprint density at radius 1 is 0.490 bits per heavy atom. The van der Waals surface area contributed by atoms with Crippen molar-refractivity contribution >= 4 is 0 Å². The fraction of sp³-hybridized carbons (Fsp3) is 0.0652. The van der Waals surface area contributed by atoms with Crippen LogP contribution < -0.4 is 9.47 Å². The van der Waals surface area contributed by atoms with Gasteiger partial charge in [0.25, 0.3) is 0 Å². The molecule has 1 aromatic heterocycles. The Labute approximate surface area is 296 Å². The lowest BCUT2D eigenvalue weighted by Gasteiger charge is -2.37. The van der Waals surface area contributed by atoms with Crippen molar-refractivity contribution in [3.63, 3.8) is 0 Å². The molecule has 0 saturated carbocycles. The van der Waals surface area contributed by atoms with Crippen LogP contribution >= 0.6 is 0 Å². The number of allylic oxidation sites excluding steroid dienone is 4. The van der Waals surface area contributed by atoms with E-state index in [1.807, 2.05) is 78.9 Å². The Bertz CT molecular complexity index is 2470. The molecule has 1 atom stereocenters. The van der Waals surface area contributed by atoms with Gasteiger partial charge in [0, 0.05) is 11.1 Å². The second-order valence-electron chi connectivity index (χ2n) is 13.0. The molecule has 0 bridgehead atoms. The Morgan fingerprint density at radius 2 is 1.12 bits per heavy atom. The van der Waals surface area contributed by atoms with Crippen molar-refractivity contribution < 1.29 is 9.47 Å². The highest BCUT2D eigenvalue weighted by atomic mass is 16.6. The lowest BCUT2D eigenvalue weighted by molar-refractivity contribution is 0.360. The van der Waals surface area contributed by atoms with Crippen LogP contribution in [0, 0.1) is 0 Å².